The van der Waals surface area contributed by atoms with Gasteiger partial charge in [-0.2, -0.15) is 0 Å². The van der Waals surface area contributed by atoms with Crippen molar-refractivity contribution in [3.05, 3.63) is 36.0 Å². The Hall–Kier alpha value is -1.28. The van der Waals surface area contributed by atoms with Crippen molar-refractivity contribution in [2.75, 3.05) is 0 Å². The van der Waals surface area contributed by atoms with E-state index in [1.165, 1.54) is 42.1 Å². The lowest BCUT2D eigenvalue weighted by Gasteiger charge is -2.14. The summed E-state index contributed by atoms with van der Waals surface area (Å²) >= 11 is 0. The first-order chi connectivity index (χ1) is 9.81. The van der Waals surface area contributed by atoms with Crippen molar-refractivity contribution in [3.63, 3.8) is 0 Å². The van der Waals surface area contributed by atoms with Crippen LogP contribution in [0.3, 0.4) is 0 Å². The average molecular weight is 270 g/mol. The van der Waals surface area contributed by atoms with Gasteiger partial charge in [0.25, 0.3) is 0 Å². The number of nitrogens with one attached hydrogen (secondary N) is 1. The van der Waals surface area contributed by atoms with Crippen LogP contribution in [0.4, 0.5) is 0 Å². The monoisotopic (exact) mass is 270 g/mol. The summed E-state index contributed by atoms with van der Waals surface area (Å²) in [5.74, 6) is 0.787. The molecule has 0 saturated heterocycles. The second-order valence-corrected chi connectivity index (χ2v) is 6.16. The lowest BCUT2D eigenvalue weighted by molar-refractivity contribution is 0.425. The molecule has 2 heteroatoms. The first kappa shape index (κ1) is 13.7. The topological polar surface area (TPSA) is 17.0 Å². The molecule has 20 heavy (non-hydrogen) atoms. The van der Waals surface area contributed by atoms with E-state index in [2.05, 4.69) is 54.2 Å². The normalized spacial score (nSPS) is 15.3. The van der Waals surface area contributed by atoms with E-state index >= 15 is 0 Å². The molecule has 0 spiro atoms. The summed E-state index contributed by atoms with van der Waals surface area (Å²) < 4.78 is 2.47. The quantitative estimate of drug-likeness (QED) is 0.792. The fourth-order valence-electron chi connectivity index (χ4n) is 2.98. The van der Waals surface area contributed by atoms with Gasteiger partial charge in [-0.25, -0.2) is 0 Å². The van der Waals surface area contributed by atoms with E-state index in [1.54, 1.807) is 0 Å². The minimum atomic E-state index is 0.774. The van der Waals surface area contributed by atoms with Crippen LogP contribution in [-0.4, -0.2) is 10.6 Å². The van der Waals surface area contributed by atoms with Crippen molar-refractivity contribution < 1.29 is 0 Å². The molecule has 108 valence electrons. The number of hydrogen-bond donors (Lipinski definition) is 1. The van der Waals surface area contributed by atoms with Gasteiger partial charge >= 0.3 is 0 Å². The van der Waals surface area contributed by atoms with Gasteiger partial charge in [-0.1, -0.05) is 44.9 Å². The van der Waals surface area contributed by atoms with Gasteiger partial charge < -0.3 is 9.88 Å². The van der Waals surface area contributed by atoms with Gasteiger partial charge in [-0.3, -0.25) is 0 Å². The Morgan fingerprint density at radius 2 is 1.95 bits per heavy atom. The van der Waals surface area contributed by atoms with Crippen LogP contribution in [0.5, 0.6) is 0 Å². The predicted octanol–water partition coefficient (Wildman–Crippen LogP) is 4.33. The Morgan fingerprint density at radius 1 is 1.20 bits per heavy atom. The van der Waals surface area contributed by atoms with Crippen LogP contribution in [0.2, 0.25) is 0 Å². The summed E-state index contributed by atoms with van der Waals surface area (Å²) in [6.07, 6.45) is 7.61. The molecule has 3 rings (SSSR count). The summed E-state index contributed by atoms with van der Waals surface area (Å²) in [6.45, 7) is 6.77. The smallest absolute Gasteiger partial charge is 0.0483 e. The van der Waals surface area contributed by atoms with Gasteiger partial charge in [0.15, 0.2) is 0 Å². The van der Waals surface area contributed by atoms with E-state index in [1.807, 2.05) is 0 Å². The predicted molar refractivity (Wildman–Crippen MR) is 85.9 cm³/mol. The molecule has 1 aromatic carbocycles. The van der Waals surface area contributed by atoms with Crippen molar-refractivity contribution in [3.8, 4) is 0 Å². The zero-order valence-electron chi connectivity index (χ0n) is 12.7. The number of benzene rings is 1. The van der Waals surface area contributed by atoms with Crippen LogP contribution in [0.15, 0.2) is 30.5 Å². The molecule has 1 heterocycles. The molecular formula is C18H26N2. The number of nitrogens with zero attached hydrogens (tertiary/aromatic N) is 1. The molecule has 2 nitrogen and oxygen atoms in total. The van der Waals surface area contributed by atoms with Gasteiger partial charge in [-0.15, -0.1) is 0 Å². The maximum atomic E-state index is 3.65. The third kappa shape index (κ3) is 2.90. The van der Waals surface area contributed by atoms with Crippen molar-refractivity contribution in [2.24, 2.45) is 5.92 Å². The van der Waals surface area contributed by atoms with E-state index in [-0.39, 0.29) is 0 Å². The lowest BCUT2D eigenvalue weighted by Crippen LogP contribution is -2.15. The Bertz CT molecular complexity index is 562. The Labute approximate surface area is 122 Å². The van der Waals surface area contributed by atoms with E-state index in [0.29, 0.717) is 0 Å². The number of fused-ring (bicyclic) bond motifs is 1. The van der Waals surface area contributed by atoms with Crippen LogP contribution in [0.25, 0.3) is 10.9 Å². The van der Waals surface area contributed by atoms with Crippen LogP contribution < -0.4 is 5.32 Å². The molecular weight excluding hydrogens is 244 g/mol. The lowest BCUT2D eigenvalue weighted by atomic mass is 10.0. The zero-order chi connectivity index (χ0) is 13.9. The van der Waals surface area contributed by atoms with Crippen molar-refractivity contribution in [2.45, 2.75) is 58.7 Å². The molecule has 1 aromatic heterocycles. The zero-order valence-corrected chi connectivity index (χ0v) is 12.7. The second-order valence-electron chi connectivity index (χ2n) is 6.16. The van der Waals surface area contributed by atoms with Crippen LogP contribution >= 0.6 is 0 Å². The highest BCUT2D eigenvalue weighted by atomic mass is 15.0. The van der Waals surface area contributed by atoms with Crippen LogP contribution in [0.1, 0.15) is 45.1 Å². The summed E-state index contributed by atoms with van der Waals surface area (Å²) in [5, 5.41) is 5.07. The highest BCUT2D eigenvalue weighted by molar-refractivity contribution is 5.83. The molecule has 0 aliphatic heterocycles. The third-order valence-electron chi connectivity index (χ3n) is 4.64. The van der Waals surface area contributed by atoms with E-state index < -0.39 is 0 Å². The van der Waals surface area contributed by atoms with E-state index in [9.17, 15) is 0 Å². The molecule has 1 N–H and O–H groups in total. The molecule has 1 fully saturated rings. The van der Waals surface area contributed by atoms with Crippen LogP contribution in [0, 0.1) is 5.92 Å². The third-order valence-corrected chi connectivity index (χ3v) is 4.64. The minimum absolute atomic E-state index is 0.774. The maximum Gasteiger partial charge on any atom is 0.0483 e. The Kier molecular flexibility index (Phi) is 4.11. The average Bonchev–Trinajstić information content (AvgIpc) is 3.25. The molecule has 2 aromatic rings. The van der Waals surface area contributed by atoms with Crippen molar-refractivity contribution >= 4 is 10.9 Å². The summed E-state index contributed by atoms with van der Waals surface area (Å²) in [6, 6.07) is 9.62. The fourth-order valence-corrected chi connectivity index (χ4v) is 2.98. The SMILES string of the molecule is CCC(CC)Cn1cc(CNC2CC2)c2ccccc21. The summed E-state index contributed by atoms with van der Waals surface area (Å²) in [7, 11) is 0. The molecule has 0 radical (unpaired) electrons. The molecule has 0 amide bonds. The molecule has 1 saturated carbocycles. The number of rotatable bonds is 7. The Balaban J connectivity index is 1.86. The van der Waals surface area contributed by atoms with Gasteiger partial charge in [-0.05, 0) is 30.4 Å². The van der Waals surface area contributed by atoms with Gasteiger partial charge in [0.2, 0.25) is 0 Å². The van der Waals surface area contributed by atoms with E-state index in [0.717, 1.165) is 25.0 Å². The fraction of sp³-hybridized carbons (Fsp3) is 0.556. The second kappa shape index (κ2) is 6.01. The summed E-state index contributed by atoms with van der Waals surface area (Å²) in [5.41, 5.74) is 2.85. The first-order valence-corrected chi connectivity index (χ1v) is 8.12. The Morgan fingerprint density at radius 3 is 2.65 bits per heavy atom. The summed E-state index contributed by atoms with van der Waals surface area (Å²) in [4.78, 5) is 0. The van der Waals surface area contributed by atoms with Gasteiger partial charge in [0, 0.05) is 36.2 Å². The first-order valence-electron chi connectivity index (χ1n) is 8.12. The number of aromatic nitrogens is 1. The van der Waals surface area contributed by atoms with E-state index in [4.69, 9.17) is 0 Å². The van der Waals surface area contributed by atoms with Crippen LogP contribution in [-0.2, 0) is 13.1 Å². The minimum Gasteiger partial charge on any atom is -0.347 e. The van der Waals surface area contributed by atoms with Crippen molar-refractivity contribution in [1.29, 1.82) is 0 Å². The van der Waals surface area contributed by atoms with Gasteiger partial charge in [0.1, 0.15) is 0 Å². The maximum absolute atomic E-state index is 3.65. The molecule has 0 unspecified atom stereocenters. The molecule has 0 bridgehead atoms. The highest BCUT2D eigenvalue weighted by Crippen LogP contribution is 2.25. The number of hydrogen-bond acceptors (Lipinski definition) is 1. The molecule has 1 aliphatic carbocycles. The largest absolute Gasteiger partial charge is 0.347 e. The standard InChI is InChI=1S/C18H26N2/c1-3-14(4-2)12-20-13-15(11-19-16-9-10-16)17-7-5-6-8-18(17)20/h5-8,13-14,16,19H,3-4,9-12H2,1-2H3. The number of para-hydroxylation sites is 1. The molecule has 1 aliphatic rings. The molecule has 0 atom stereocenters. The van der Waals surface area contributed by atoms with Gasteiger partial charge in [0.05, 0.1) is 0 Å². The highest BCUT2D eigenvalue weighted by Gasteiger charge is 2.21. The van der Waals surface area contributed by atoms with Crippen molar-refractivity contribution in [1.82, 2.24) is 9.88 Å².